The number of phosphoric ester groups is 1. The van der Waals surface area contributed by atoms with E-state index in [2.05, 4.69) is 79.9 Å². The van der Waals surface area contributed by atoms with Crippen LogP contribution in [0.3, 0.4) is 0 Å². The number of allylic oxidation sites excluding steroid dienone is 11. The number of aliphatic hydroxyl groups excluding tert-OH is 1. The van der Waals surface area contributed by atoms with Crippen LogP contribution >= 0.6 is 7.82 Å². The maximum absolute atomic E-state index is 13.0. The van der Waals surface area contributed by atoms with Gasteiger partial charge in [-0.15, -0.1) is 0 Å². The van der Waals surface area contributed by atoms with Crippen LogP contribution in [0.15, 0.2) is 72.9 Å². The number of quaternary nitrogens is 1. The largest absolute Gasteiger partial charge is 0.472 e. The van der Waals surface area contributed by atoms with E-state index in [1.807, 2.05) is 27.2 Å². The van der Waals surface area contributed by atoms with E-state index in [-0.39, 0.29) is 19.1 Å². The summed E-state index contributed by atoms with van der Waals surface area (Å²) in [5.74, 6) is -0.179. The summed E-state index contributed by atoms with van der Waals surface area (Å²) in [6, 6.07) is -0.854. The van der Waals surface area contributed by atoms with E-state index in [0.29, 0.717) is 17.4 Å². The van der Waals surface area contributed by atoms with Crippen LogP contribution in [0.1, 0.15) is 322 Å². The van der Waals surface area contributed by atoms with E-state index in [4.69, 9.17) is 9.05 Å². The first-order chi connectivity index (χ1) is 39.0. The minimum absolute atomic E-state index is 0.0590. The maximum Gasteiger partial charge on any atom is 0.472 e. The molecule has 8 nitrogen and oxygen atoms in total. The Balaban J connectivity index is 4.09. The molecule has 0 aromatic rings. The van der Waals surface area contributed by atoms with E-state index >= 15 is 0 Å². The van der Waals surface area contributed by atoms with E-state index in [1.54, 1.807) is 6.08 Å². The van der Waals surface area contributed by atoms with Crippen LogP contribution < -0.4 is 5.32 Å². The second-order valence-corrected chi connectivity index (χ2v) is 26.0. The number of carbonyl (C=O) groups excluding carboxylic acids is 1. The third kappa shape index (κ3) is 63.5. The monoisotopic (exact) mass is 1140 g/mol. The number of aliphatic hydroxyl groups is 1. The molecule has 0 fully saturated rings. The Hall–Kier alpha value is -2.06. The summed E-state index contributed by atoms with van der Waals surface area (Å²) in [5, 5.41) is 14.0. The first-order valence-corrected chi connectivity index (χ1v) is 35.8. The number of phosphoric acid groups is 1. The smallest absolute Gasteiger partial charge is 0.387 e. The second-order valence-electron chi connectivity index (χ2n) is 24.5. The number of nitrogens with zero attached hydrogens (tertiary/aromatic N) is 1. The van der Waals surface area contributed by atoms with Crippen molar-refractivity contribution < 1.29 is 32.9 Å². The summed E-state index contributed by atoms with van der Waals surface area (Å²) in [4.78, 5) is 23.4. The Morgan fingerprint density at radius 3 is 1.10 bits per heavy atom. The fourth-order valence-electron chi connectivity index (χ4n) is 10.1. The van der Waals surface area contributed by atoms with Crippen molar-refractivity contribution in [2.24, 2.45) is 0 Å². The lowest BCUT2D eigenvalue weighted by atomic mass is 10.0. The van der Waals surface area contributed by atoms with Gasteiger partial charge in [0.05, 0.1) is 39.9 Å². The zero-order valence-corrected chi connectivity index (χ0v) is 54.5. The summed E-state index contributed by atoms with van der Waals surface area (Å²) in [6.45, 7) is 4.74. The van der Waals surface area contributed by atoms with Crippen molar-refractivity contribution in [1.82, 2.24) is 5.32 Å². The quantitative estimate of drug-likeness (QED) is 0.0243. The molecule has 3 atom stereocenters. The van der Waals surface area contributed by atoms with E-state index in [1.165, 1.54) is 231 Å². The zero-order chi connectivity index (χ0) is 58.4. The van der Waals surface area contributed by atoms with Crippen LogP contribution in [0.25, 0.3) is 0 Å². The van der Waals surface area contributed by atoms with Gasteiger partial charge in [0.1, 0.15) is 13.2 Å². The SMILES string of the molecule is CC/C=C\C/C=C\C/C=C\C/C=C\C/C=C\CCCCCCCCCCCCCC(=O)NC(COP(=O)(O)OCC[N+](C)(C)C)C(O)/C=C/CCCCCCCCCCCCCCCCCCCCCCCCCCCCCCC. The zero-order valence-electron chi connectivity index (χ0n) is 53.6. The number of carbonyl (C=O) groups is 1. The van der Waals surface area contributed by atoms with Gasteiger partial charge in [0.2, 0.25) is 5.91 Å². The van der Waals surface area contributed by atoms with E-state index in [0.717, 1.165) is 70.6 Å². The molecule has 0 saturated heterocycles. The summed E-state index contributed by atoms with van der Waals surface area (Å²) >= 11 is 0. The number of likely N-dealkylation sites (N-methyl/N-ethyl adjacent to an activating group) is 1. The Kier molecular flexibility index (Phi) is 59.9. The number of amides is 1. The van der Waals surface area contributed by atoms with Crippen molar-refractivity contribution in [2.45, 2.75) is 334 Å². The van der Waals surface area contributed by atoms with Gasteiger partial charge in [0.25, 0.3) is 0 Å². The van der Waals surface area contributed by atoms with Crippen molar-refractivity contribution in [3.63, 3.8) is 0 Å². The lowest BCUT2D eigenvalue weighted by molar-refractivity contribution is -0.870. The van der Waals surface area contributed by atoms with E-state index in [9.17, 15) is 19.4 Å². The summed E-state index contributed by atoms with van der Waals surface area (Å²) in [6.07, 6.45) is 86.1. The van der Waals surface area contributed by atoms with Crippen LogP contribution in [0, 0.1) is 0 Å². The van der Waals surface area contributed by atoms with Crippen LogP contribution in [-0.2, 0) is 18.4 Å². The molecule has 0 aliphatic heterocycles. The van der Waals surface area contributed by atoms with Gasteiger partial charge in [0.15, 0.2) is 0 Å². The Morgan fingerprint density at radius 1 is 0.438 bits per heavy atom. The number of nitrogens with one attached hydrogen (secondary N) is 1. The van der Waals surface area contributed by atoms with Gasteiger partial charge >= 0.3 is 7.82 Å². The number of hydrogen-bond acceptors (Lipinski definition) is 5. The Bertz CT molecular complexity index is 1530. The molecule has 9 heteroatoms. The predicted molar refractivity (Wildman–Crippen MR) is 350 cm³/mol. The molecule has 80 heavy (non-hydrogen) atoms. The normalized spacial score (nSPS) is 14.1. The molecule has 0 bridgehead atoms. The summed E-state index contributed by atoms with van der Waals surface area (Å²) in [5.41, 5.74) is 0. The first-order valence-electron chi connectivity index (χ1n) is 34.3. The molecule has 0 saturated carbocycles. The van der Waals surface area contributed by atoms with Crippen LogP contribution in [0.5, 0.6) is 0 Å². The molecule has 0 aromatic heterocycles. The Morgan fingerprint density at radius 2 is 0.750 bits per heavy atom. The highest BCUT2D eigenvalue weighted by Crippen LogP contribution is 2.43. The van der Waals surface area contributed by atoms with Crippen molar-refractivity contribution in [3.05, 3.63) is 72.9 Å². The molecule has 468 valence electrons. The van der Waals surface area contributed by atoms with Crippen molar-refractivity contribution in [1.29, 1.82) is 0 Å². The molecular formula is C71H134N2O6P+. The Labute approximate surface area is 497 Å². The molecule has 0 aliphatic carbocycles. The van der Waals surface area contributed by atoms with E-state index < -0.39 is 20.0 Å². The van der Waals surface area contributed by atoms with Crippen LogP contribution in [0.4, 0.5) is 0 Å². The third-order valence-electron chi connectivity index (χ3n) is 15.4. The first kappa shape index (κ1) is 77.9. The third-order valence-corrected chi connectivity index (χ3v) is 16.4. The highest BCUT2D eigenvalue weighted by Gasteiger charge is 2.28. The van der Waals surface area contributed by atoms with Gasteiger partial charge < -0.3 is 19.8 Å². The van der Waals surface area contributed by atoms with Gasteiger partial charge in [0, 0.05) is 6.42 Å². The molecule has 1 amide bonds. The molecule has 0 rings (SSSR count). The van der Waals surface area contributed by atoms with Gasteiger partial charge in [-0.3, -0.25) is 13.8 Å². The number of hydrogen-bond donors (Lipinski definition) is 3. The fourth-order valence-corrected chi connectivity index (χ4v) is 10.9. The van der Waals surface area contributed by atoms with Gasteiger partial charge in [-0.1, -0.05) is 324 Å². The highest BCUT2D eigenvalue weighted by atomic mass is 31.2. The second kappa shape index (κ2) is 61.5. The van der Waals surface area contributed by atoms with Gasteiger partial charge in [-0.25, -0.2) is 4.57 Å². The topological polar surface area (TPSA) is 105 Å². The molecule has 0 aromatic carbocycles. The average Bonchev–Trinajstić information content (AvgIpc) is 3.42. The molecule has 3 unspecified atom stereocenters. The van der Waals surface area contributed by atoms with Crippen LogP contribution in [-0.4, -0.2) is 73.4 Å². The molecule has 0 spiro atoms. The van der Waals surface area contributed by atoms with Gasteiger partial charge in [-0.2, -0.15) is 0 Å². The predicted octanol–water partition coefficient (Wildman–Crippen LogP) is 21.8. The highest BCUT2D eigenvalue weighted by molar-refractivity contribution is 7.47. The van der Waals surface area contributed by atoms with Crippen molar-refractivity contribution in [2.75, 3.05) is 40.9 Å². The van der Waals surface area contributed by atoms with Crippen molar-refractivity contribution in [3.8, 4) is 0 Å². The van der Waals surface area contributed by atoms with Crippen LogP contribution in [0.2, 0.25) is 0 Å². The van der Waals surface area contributed by atoms with Crippen molar-refractivity contribution >= 4 is 13.7 Å². The minimum atomic E-state index is -4.36. The lowest BCUT2D eigenvalue weighted by Gasteiger charge is -2.25. The number of unbranched alkanes of at least 4 members (excludes halogenated alkanes) is 40. The molecule has 3 N–H and O–H groups in total. The minimum Gasteiger partial charge on any atom is -0.387 e. The molecular weight excluding hydrogens is 1010 g/mol. The molecule has 0 heterocycles. The summed E-state index contributed by atoms with van der Waals surface area (Å²) < 4.78 is 23.8. The maximum atomic E-state index is 13.0. The average molecular weight is 1140 g/mol. The standard InChI is InChI=1S/C71H133N2O6P/c1-6-8-10-12-14-16-18-20-22-24-26-28-30-32-34-35-36-37-39-40-42-44-46-48-50-52-54-56-58-60-62-64-70(74)69(68-79-80(76,77)78-67-66-73(3,4)5)72-71(75)65-63-61-59-57-55-53-51-49-47-45-43-41-38-33-31-29-27-25-23-21-19-17-15-13-11-9-7-2/h9,11,15,17,21,23,27,29,33,38,62,64,69-70,74H,6-8,10,12-14,16,18-20,22,24-26,28,30-32,34-37,39-61,63,65-68H2,1-5H3,(H-,72,75,76,77)/p+1/b11-9-,17-15-,23-21-,29-27-,38-33-,64-62+. The van der Waals surface area contributed by atoms with Gasteiger partial charge in [-0.05, 0) is 64.2 Å². The lowest BCUT2D eigenvalue weighted by Crippen LogP contribution is -2.45. The molecule has 0 aliphatic rings. The number of rotatable bonds is 63. The molecule has 0 radical (unpaired) electrons. The summed E-state index contributed by atoms with van der Waals surface area (Å²) in [7, 11) is 1.57. The fraction of sp³-hybridized carbons (Fsp3) is 0.817.